The Hall–Kier alpha value is -1.84. The number of benzene rings is 1. The van der Waals surface area contributed by atoms with Gasteiger partial charge in [0.05, 0.1) is 30.2 Å². The Morgan fingerprint density at radius 3 is 2.63 bits per heavy atom. The van der Waals surface area contributed by atoms with Crippen molar-refractivity contribution in [3.63, 3.8) is 0 Å². The van der Waals surface area contributed by atoms with E-state index in [4.69, 9.17) is 4.74 Å². The Bertz CT molecular complexity index is 781. The summed E-state index contributed by atoms with van der Waals surface area (Å²) >= 11 is 0. The number of fused-ring (bicyclic) bond motifs is 1. The van der Waals surface area contributed by atoms with E-state index in [1.54, 1.807) is 30.0 Å². The maximum absolute atomic E-state index is 13.1. The number of nitrogens with zero attached hydrogens (tertiary/aromatic N) is 2. The van der Waals surface area contributed by atoms with Gasteiger partial charge in [0.1, 0.15) is 6.10 Å². The number of para-hydroxylation sites is 1. The normalized spacial score (nSPS) is 21.9. The van der Waals surface area contributed by atoms with Gasteiger partial charge in [-0.05, 0) is 33.2 Å². The van der Waals surface area contributed by atoms with Crippen LogP contribution in [0.2, 0.25) is 0 Å². The fourth-order valence-corrected chi connectivity index (χ4v) is 3.66. The molecule has 1 heterocycles. The number of amides is 1. The second-order valence-corrected chi connectivity index (χ2v) is 9.19. The van der Waals surface area contributed by atoms with Crippen molar-refractivity contribution in [1.29, 1.82) is 0 Å². The van der Waals surface area contributed by atoms with Crippen LogP contribution >= 0.6 is 0 Å². The number of aliphatic hydroxyl groups excluding tert-OH is 1. The first-order valence-corrected chi connectivity index (χ1v) is 10.8. The molecule has 1 aliphatic rings. The smallest absolute Gasteiger partial charge is 0.258 e. The minimum atomic E-state index is -3.54. The number of likely N-dealkylation sites (N-methyl/N-ethyl adjacent to an activating group) is 1. The first-order chi connectivity index (χ1) is 12.5. The third-order valence-electron chi connectivity index (χ3n) is 4.53. The van der Waals surface area contributed by atoms with Crippen LogP contribution in [-0.2, 0) is 10.0 Å². The number of hydrogen-bond donors (Lipinski definition) is 2. The molecule has 1 amide bonds. The Morgan fingerprint density at radius 2 is 2.07 bits per heavy atom. The molecule has 0 spiro atoms. The molecule has 1 aromatic rings. The summed E-state index contributed by atoms with van der Waals surface area (Å²) in [5.41, 5.74) is 0.511. The molecule has 0 bridgehead atoms. The number of aliphatic hydroxyl groups is 1. The van der Waals surface area contributed by atoms with Crippen LogP contribution in [0, 0.1) is 5.92 Å². The van der Waals surface area contributed by atoms with Crippen molar-refractivity contribution >= 4 is 21.6 Å². The van der Waals surface area contributed by atoms with Crippen molar-refractivity contribution in [3.05, 3.63) is 23.8 Å². The fourth-order valence-electron chi connectivity index (χ4n) is 3.10. The largest absolute Gasteiger partial charge is 0.486 e. The van der Waals surface area contributed by atoms with Crippen LogP contribution in [0.3, 0.4) is 0 Å². The maximum Gasteiger partial charge on any atom is 0.258 e. The molecule has 27 heavy (non-hydrogen) atoms. The van der Waals surface area contributed by atoms with Gasteiger partial charge in [-0.15, -0.1) is 0 Å². The molecule has 0 saturated heterocycles. The topological polar surface area (TPSA) is 99.2 Å². The van der Waals surface area contributed by atoms with Gasteiger partial charge in [0.15, 0.2) is 5.75 Å². The minimum Gasteiger partial charge on any atom is -0.486 e. The van der Waals surface area contributed by atoms with Gasteiger partial charge in [-0.3, -0.25) is 9.52 Å². The quantitative estimate of drug-likeness (QED) is 0.735. The SMILES string of the molecule is C[C@H](CO)N1C[C@H](C)[C@H](CN(C)C)Oc2c(NS(C)(=O)=O)cccc2C1=O. The summed E-state index contributed by atoms with van der Waals surface area (Å²) in [5.74, 6) is -0.0925. The van der Waals surface area contributed by atoms with Gasteiger partial charge in [0, 0.05) is 19.0 Å². The molecule has 9 heteroatoms. The number of rotatable bonds is 6. The average Bonchev–Trinajstić information content (AvgIpc) is 2.56. The molecule has 1 aromatic carbocycles. The van der Waals surface area contributed by atoms with E-state index >= 15 is 0 Å². The molecule has 0 fully saturated rings. The Morgan fingerprint density at radius 1 is 1.41 bits per heavy atom. The lowest BCUT2D eigenvalue weighted by molar-refractivity contribution is 0.0366. The van der Waals surface area contributed by atoms with Gasteiger partial charge >= 0.3 is 0 Å². The van der Waals surface area contributed by atoms with E-state index in [2.05, 4.69) is 4.72 Å². The standard InChI is InChI=1S/C18H29N3O5S/c1-12-9-21(13(2)11-22)18(23)14-7-6-8-15(19-27(5,24)25)17(14)26-16(12)10-20(3)4/h6-8,12-13,16,19,22H,9-11H2,1-5H3/t12-,13+,16-/m0/s1. The highest BCUT2D eigenvalue weighted by atomic mass is 32.2. The number of anilines is 1. The number of ether oxygens (including phenoxy) is 1. The Labute approximate surface area is 161 Å². The fraction of sp³-hybridized carbons (Fsp3) is 0.611. The summed E-state index contributed by atoms with van der Waals surface area (Å²) in [6.07, 6.45) is 0.791. The van der Waals surface area contributed by atoms with Crippen molar-refractivity contribution in [2.75, 3.05) is 44.8 Å². The lowest BCUT2D eigenvalue weighted by atomic mass is 9.99. The number of nitrogens with one attached hydrogen (secondary N) is 1. The number of carbonyl (C=O) groups is 1. The predicted molar refractivity (Wildman–Crippen MR) is 105 cm³/mol. The molecule has 0 unspecified atom stereocenters. The molecular formula is C18H29N3O5S. The molecule has 0 saturated carbocycles. The molecule has 152 valence electrons. The molecule has 2 N–H and O–H groups in total. The summed E-state index contributed by atoms with van der Waals surface area (Å²) in [6.45, 7) is 4.64. The third kappa shape index (κ3) is 5.33. The monoisotopic (exact) mass is 399 g/mol. The summed E-state index contributed by atoms with van der Waals surface area (Å²) in [5, 5.41) is 9.59. The van der Waals surface area contributed by atoms with Crippen molar-refractivity contribution in [1.82, 2.24) is 9.80 Å². The zero-order valence-corrected chi connectivity index (χ0v) is 17.3. The molecule has 0 radical (unpaired) electrons. The Kier molecular flexibility index (Phi) is 6.72. The molecule has 0 aromatic heterocycles. The van der Waals surface area contributed by atoms with Crippen LogP contribution < -0.4 is 9.46 Å². The van der Waals surface area contributed by atoms with Crippen molar-refractivity contribution in [2.45, 2.75) is 26.0 Å². The van der Waals surface area contributed by atoms with E-state index in [1.807, 2.05) is 25.9 Å². The first-order valence-electron chi connectivity index (χ1n) is 8.87. The van der Waals surface area contributed by atoms with Crippen LogP contribution in [0.1, 0.15) is 24.2 Å². The van der Waals surface area contributed by atoms with Gasteiger partial charge in [0.25, 0.3) is 5.91 Å². The summed E-state index contributed by atoms with van der Waals surface area (Å²) in [7, 11) is 0.309. The van der Waals surface area contributed by atoms with E-state index in [0.29, 0.717) is 13.1 Å². The highest BCUT2D eigenvalue weighted by Gasteiger charge is 2.34. The van der Waals surface area contributed by atoms with Crippen molar-refractivity contribution < 1.29 is 23.1 Å². The molecule has 3 atom stereocenters. The minimum absolute atomic E-state index is 0.0233. The maximum atomic E-state index is 13.1. The van der Waals surface area contributed by atoms with Crippen LogP contribution in [0.5, 0.6) is 5.75 Å². The van der Waals surface area contributed by atoms with Gasteiger partial charge < -0.3 is 19.6 Å². The van der Waals surface area contributed by atoms with Crippen LogP contribution in [0.4, 0.5) is 5.69 Å². The van der Waals surface area contributed by atoms with E-state index in [0.717, 1.165) is 6.26 Å². The Balaban J connectivity index is 2.59. The number of hydrogen-bond acceptors (Lipinski definition) is 6. The lowest BCUT2D eigenvalue weighted by Crippen LogP contribution is -2.49. The number of sulfonamides is 1. The average molecular weight is 400 g/mol. The zero-order chi connectivity index (χ0) is 20.4. The predicted octanol–water partition coefficient (Wildman–Crippen LogP) is 0.840. The van der Waals surface area contributed by atoms with E-state index < -0.39 is 10.0 Å². The summed E-state index contributed by atoms with van der Waals surface area (Å²) < 4.78 is 32.2. The summed E-state index contributed by atoms with van der Waals surface area (Å²) in [4.78, 5) is 16.7. The lowest BCUT2D eigenvalue weighted by Gasteiger charge is -2.38. The van der Waals surface area contributed by atoms with Gasteiger partial charge in [-0.2, -0.15) is 0 Å². The molecule has 8 nitrogen and oxygen atoms in total. The third-order valence-corrected chi connectivity index (χ3v) is 5.12. The van der Waals surface area contributed by atoms with E-state index in [9.17, 15) is 18.3 Å². The zero-order valence-electron chi connectivity index (χ0n) is 16.5. The van der Waals surface area contributed by atoms with Crippen molar-refractivity contribution in [3.8, 4) is 5.75 Å². The highest BCUT2D eigenvalue weighted by Crippen LogP contribution is 2.35. The second kappa shape index (κ2) is 8.45. The molecular weight excluding hydrogens is 370 g/mol. The first kappa shape index (κ1) is 21.5. The second-order valence-electron chi connectivity index (χ2n) is 7.44. The van der Waals surface area contributed by atoms with Gasteiger partial charge in [-0.25, -0.2) is 8.42 Å². The van der Waals surface area contributed by atoms with Crippen LogP contribution in [-0.4, -0.2) is 81.4 Å². The highest BCUT2D eigenvalue weighted by molar-refractivity contribution is 7.92. The van der Waals surface area contributed by atoms with Gasteiger partial charge in [-0.1, -0.05) is 13.0 Å². The molecule has 1 aliphatic heterocycles. The van der Waals surface area contributed by atoms with E-state index in [1.165, 1.54) is 0 Å². The van der Waals surface area contributed by atoms with Gasteiger partial charge in [0.2, 0.25) is 10.0 Å². The van der Waals surface area contributed by atoms with E-state index in [-0.39, 0.29) is 47.6 Å². The molecule has 2 rings (SSSR count). The summed E-state index contributed by atoms with van der Waals surface area (Å²) in [6, 6.07) is 4.44. The van der Waals surface area contributed by atoms with Crippen LogP contribution in [0.15, 0.2) is 18.2 Å². The van der Waals surface area contributed by atoms with Crippen LogP contribution in [0.25, 0.3) is 0 Å². The number of carbonyl (C=O) groups excluding carboxylic acids is 1. The van der Waals surface area contributed by atoms with Crippen molar-refractivity contribution in [2.24, 2.45) is 5.92 Å². The molecule has 0 aliphatic carbocycles.